The number of ether oxygens (including phenoxy) is 1. The van der Waals surface area contributed by atoms with Crippen molar-refractivity contribution in [3.05, 3.63) is 70.2 Å². The molecule has 2 aromatic rings. The van der Waals surface area contributed by atoms with E-state index in [0.29, 0.717) is 0 Å². The van der Waals surface area contributed by atoms with Gasteiger partial charge in [0, 0.05) is 5.56 Å². The van der Waals surface area contributed by atoms with Crippen LogP contribution in [-0.4, -0.2) is 12.6 Å². The molecule has 0 saturated heterocycles. The highest BCUT2D eigenvalue weighted by molar-refractivity contribution is 6.31. The van der Waals surface area contributed by atoms with Crippen molar-refractivity contribution in [3.8, 4) is 11.8 Å². The fourth-order valence-electron chi connectivity index (χ4n) is 1.83. The first-order chi connectivity index (χ1) is 11.9. The third-order valence-electron chi connectivity index (χ3n) is 3.05. The second-order valence-electron chi connectivity index (χ2n) is 4.91. The predicted octanol–water partition coefficient (Wildman–Crippen LogP) is 4.64. The Labute approximate surface area is 147 Å². The van der Waals surface area contributed by atoms with Gasteiger partial charge in [-0.3, -0.25) is 0 Å². The minimum atomic E-state index is -4.47. The molecule has 0 aliphatic carbocycles. The highest BCUT2D eigenvalue weighted by atomic mass is 35.5. The van der Waals surface area contributed by atoms with Gasteiger partial charge in [-0.1, -0.05) is 53.8 Å². The van der Waals surface area contributed by atoms with Crippen molar-refractivity contribution in [2.24, 2.45) is 0 Å². The third-order valence-corrected chi connectivity index (χ3v) is 3.38. The zero-order valence-corrected chi connectivity index (χ0v) is 13.6. The van der Waals surface area contributed by atoms with E-state index in [9.17, 15) is 18.0 Å². The second kappa shape index (κ2) is 8.45. The van der Waals surface area contributed by atoms with E-state index in [-0.39, 0.29) is 23.7 Å². The molecule has 0 unspecified atom stereocenters. The van der Waals surface area contributed by atoms with Crippen molar-refractivity contribution < 1.29 is 22.7 Å². The van der Waals surface area contributed by atoms with Crippen LogP contribution < -0.4 is 5.32 Å². The summed E-state index contributed by atoms with van der Waals surface area (Å²) in [5.74, 6) is 5.04. The summed E-state index contributed by atoms with van der Waals surface area (Å²) in [6.07, 6.45) is -5.14. The molecule has 25 heavy (non-hydrogen) atoms. The highest BCUT2D eigenvalue weighted by Crippen LogP contribution is 2.31. The molecular formula is C18H13ClF3NO2. The number of alkyl halides is 3. The maximum absolute atomic E-state index is 12.7. The molecule has 0 heterocycles. The van der Waals surface area contributed by atoms with Crippen molar-refractivity contribution in [3.63, 3.8) is 0 Å². The van der Waals surface area contributed by atoms with E-state index in [1.165, 1.54) is 0 Å². The Hall–Kier alpha value is -2.65. The van der Waals surface area contributed by atoms with Crippen LogP contribution in [0.4, 0.5) is 18.0 Å². The standard InChI is InChI=1S/C18H13ClF3NO2/c19-16-9-8-15(18(20,21)22)11-14(16)7-4-10-23-17(24)25-12-13-5-2-1-3-6-13/h1-3,5-6,8-9,11H,10,12H2,(H,23,24). The summed E-state index contributed by atoms with van der Waals surface area (Å²) < 4.78 is 42.9. The van der Waals surface area contributed by atoms with E-state index in [0.717, 1.165) is 23.8 Å². The van der Waals surface area contributed by atoms with Crippen LogP contribution >= 0.6 is 11.6 Å². The minimum Gasteiger partial charge on any atom is -0.445 e. The number of amides is 1. The largest absolute Gasteiger partial charge is 0.445 e. The van der Waals surface area contributed by atoms with Crippen LogP contribution in [0, 0.1) is 11.8 Å². The normalized spacial score (nSPS) is 10.6. The monoisotopic (exact) mass is 367 g/mol. The topological polar surface area (TPSA) is 38.3 Å². The lowest BCUT2D eigenvalue weighted by Crippen LogP contribution is -2.24. The molecule has 0 atom stereocenters. The van der Waals surface area contributed by atoms with Gasteiger partial charge in [-0.15, -0.1) is 0 Å². The van der Waals surface area contributed by atoms with Gasteiger partial charge in [-0.05, 0) is 23.8 Å². The number of rotatable bonds is 3. The Bertz CT molecular complexity index is 795. The van der Waals surface area contributed by atoms with E-state index in [2.05, 4.69) is 17.2 Å². The Morgan fingerprint density at radius 1 is 1.16 bits per heavy atom. The predicted molar refractivity (Wildman–Crippen MR) is 88.0 cm³/mol. The van der Waals surface area contributed by atoms with Crippen molar-refractivity contribution in [2.75, 3.05) is 6.54 Å². The molecule has 0 aromatic heterocycles. The average Bonchev–Trinajstić information content (AvgIpc) is 2.58. The fourth-order valence-corrected chi connectivity index (χ4v) is 1.99. The molecule has 2 rings (SSSR count). The maximum atomic E-state index is 12.7. The quantitative estimate of drug-likeness (QED) is 0.803. The van der Waals surface area contributed by atoms with Gasteiger partial charge in [-0.2, -0.15) is 13.2 Å². The van der Waals surface area contributed by atoms with Gasteiger partial charge in [0.15, 0.2) is 0 Å². The van der Waals surface area contributed by atoms with E-state index in [1.54, 1.807) is 0 Å². The molecule has 0 radical (unpaired) electrons. The molecule has 7 heteroatoms. The number of benzene rings is 2. The average molecular weight is 368 g/mol. The molecule has 1 amide bonds. The lowest BCUT2D eigenvalue weighted by atomic mass is 10.1. The number of carbonyl (C=O) groups excluding carboxylic acids is 1. The van der Waals surface area contributed by atoms with Gasteiger partial charge in [-0.25, -0.2) is 4.79 Å². The number of carbonyl (C=O) groups is 1. The Morgan fingerprint density at radius 2 is 1.88 bits per heavy atom. The first-order valence-electron chi connectivity index (χ1n) is 7.16. The molecule has 1 N–H and O–H groups in total. The highest BCUT2D eigenvalue weighted by Gasteiger charge is 2.30. The molecule has 0 aliphatic heterocycles. The van der Waals surface area contributed by atoms with Crippen molar-refractivity contribution in [2.45, 2.75) is 12.8 Å². The summed E-state index contributed by atoms with van der Waals surface area (Å²) in [5, 5.41) is 2.49. The molecule has 0 fully saturated rings. The first kappa shape index (κ1) is 18.7. The first-order valence-corrected chi connectivity index (χ1v) is 7.54. The SMILES string of the molecule is O=C(NCC#Cc1cc(C(F)(F)F)ccc1Cl)OCc1ccccc1. The summed E-state index contributed by atoms with van der Waals surface area (Å²) in [6.45, 7) is 0.0275. The summed E-state index contributed by atoms with van der Waals surface area (Å²) in [6, 6.07) is 12.0. The molecule has 0 saturated carbocycles. The molecule has 0 bridgehead atoms. The Kier molecular flexibility index (Phi) is 6.31. The van der Waals surface area contributed by atoms with E-state index in [4.69, 9.17) is 16.3 Å². The van der Waals surface area contributed by atoms with Crippen molar-refractivity contribution in [1.82, 2.24) is 5.32 Å². The molecule has 0 aliphatic rings. The van der Waals surface area contributed by atoms with Gasteiger partial charge in [0.1, 0.15) is 6.61 Å². The third kappa shape index (κ3) is 6.05. The summed E-state index contributed by atoms with van der Waals surface area (Å²) in [4.78, 5) is 11.5. The molecular weight excluding hydrogens is 355 g/mol. The smallest absolute Gasteiger partial charge is 0.416 e. The number of alkyl carbamates (subject to hydrolysis) is 1. The molecule has 0 spiro atoms. The van der Waals surface area contributed by atoms with E-state index < -0.39 is 17.8 Å². The van der Waals surface area contributed by atoms with Gasteiger partial charge >= 0.3 is 12.3 Å². The van der Waals surface area contributed by atoms with Crippen LogP contribution in [-0.2, 0) is 17.5 Å². The van der Waals surface area contributed by atoms with E-state index >= 15 is 0 Å². The number of nitrogens with one attached hydrogen (secondary N) is 1. The van der Waals surface area contributed by atoms with Crippen LogP contribution in [0.15, 0.2) is 48.5 Å². The summed E-state index contributed by atoms with van der Waals surface area (Å²) in [5.41, 5.74) is 0.0341. The number of halogens is 4. The minimum absolute atomic E-state index is 0.0379. The van der Waals surface area contributed by atoms with Crippen LogP contribution in [0.5, 0.6) is 0 Å². The van der Waals surface area contributed by atoms with Crippen molar-refractivity contribution in [1.29, 1.82) is 0 Å². The van der Waals surface area contributed by atoms with Crippen LogP contribution in [0.2, 0.25) is 5.02 Å². The zero-order chi connectivity index (χ0) is 18.3. The summed E-state index contributed by atoms with van der Waals surface area (Å²) >= 11 is 5.82. The number of hydrogen-bond acceptors (Lipinski definition) is 2. The Morgan fingerprint density at radius 3 is 2.56 bits per heavy atom. The molecule has 130 valence electrons. The van der Waals surface area contributed by atoms with Crippen molar-refractivity contribution >= 4 is 17.7 Å². The van der Waals surface area contributed by atoms with Gasteiger partial charge in [0.2, 0.25) is 0 Å². The zero-order valence-electron chi connectivity index (χ0n) is 12.9. The second-order valence-corrected chi connectivity index (χ2v) is 5.32. The lowest BCUT2D eigenvalue weighted by Gasteiger charge is -2.07. The molecule has 3 nitrogen and oxygen atoms in total. The van der Waals surface area contributed by atoms with Gasteiger partial charge in [0.25, 0.3) is 0 Å². The van der Waals surface area contributed by atoms with Gasteiger partial charge < -0.3 is 10.1 Å². The van der Waals surface area contributed by atoms with Crippen LogP contribution in [0.1, 0.15) is 16.7 Å². The van der Waals surface area contributed by atoms with Crippen LogP contribution in [0.3, 0.4) is 0 Å². The van der Waals surface area contributed by atoms with Gasteiger partial charge in [0.05, 0.1) is 17.1 Å². The number of hydrogen-bond donors (Lipinski definition) is 1. The summed E-state index contributed by atoms with van der Waals surface area (Å²) in [7, 11) is 0. The maximum Gasteiger partial charge on any atom is 0.416 e. The lowest BCUT2D eigenvalue weighted by molar-refractivity contribution is -0.137. The Balaban J connectivity index is 1.87. The van der Waals surface area contributed by atoms with Crippen LogP contribution in [0.25, 0.3) is 0 Å². The fraction of sp³-hybridized carbons (Fsp3) is 0.167. The molecule has 2 aromatic carbocycles. The van der Waals surface area contributed by atoms with E-state index in [1.807, 2.05) is 30.3 Å².